The summed E-state index contributed by atoms with van der Waals surface area (Å²) >= 11 is 6.33. The Morgan fingerprint density at radius 1 is 1.33 bits per heavy atom. The van der Waals surface area contributed by atoms with E-state index < -0.39 is 0 Å². The van der Waals surface area contributed by atoms with E-state index in [2.05, 4.69) is 21.7 Å². The van der Waals surface area contributed by atoms with Crippen LogP contribution in [0.2, 0.25) is 5.02 Å². The van der Waals surface area contributed by atoms with Crippen LogP contribution in [-0.4, -0.2) is 10.9 Å². The minimum absolute atomic E-state index is 0.0195. The Morgan fingerprint density at radius 3 is 3.14 bits per heavy atom. The minimum atomic E-state index is 0.0195. The van der Waals surface area contributed by atoms with E-state index in [9.17, 15) is 4.79 Å². The number of fused-ring (bicyclic) bond motifs is 2. The van der Waals surface area contributed by atoms with Gasteiger partial charge in [-0.15, -0.1) is 0 Å². The normalized spacial score (nSPS) is 19.1. The molecule has 0 radical (unpaired) electrons. The Balaban J connectivity index is 1.64. The van der Waals surface area contributed by atoms with Crippen molar-refractivity contribution in [2.45, 2.75) is 25.3 Å². The van der Waals surface area contributed by atoms with Crippen molar-refractivity contribution in [2.24, 2.45) is 0 Å². The molecule has 1 unspecified atom stereocenters. The standard InChI is InChI=1S/C16H14ClN3O/c17-11-8-13-10(7-15(21)20-13)6-14(11)19-12-4-3-9-2-1-5-18-16(9)12/h1-2,5-6,8,12,19H,3-4,7H2,(H,20,21). The molecule has 2 N–H and O–H groups in total. The maximum absolute atomic E-state index is 11.4. The molecule has 1 atom stereocenters. The topological polar surface area (TPSA) is 54.0 Å². The van der Waals surface area contributed by atoms with Crippen molar-refractivity contribution in [3.8, 4) is 0 Å². The van der Waals surface area contributed by atoms with Gasteiger partial charge in [0.25, 0.3) is 0 Å². The zero-order valence-electron chi connectivity index (χ0n) is 11.3. The Bertz CT molecular complexity index is 744. The third-order valence-corrected chi connectivity index (χ3v) is 4.42. The Morgan fingerprint density at radius 2 is 2.24 bits per heavy atom. The first-order chi connectivity index (χ1) is 10.2. The number of nitrogens with zero attached hydrogens (tertiary/aromatic N) is 1. The molecule has 2 heterocycles. The van der Waals surface area contributed by atoms with Gasteiger partial charge in [-0.2, -0.15) is 0 Å². The van der Waals surface area contributed by atoms with Crippen LogP contribution in [0.1, 0.15) is 29.3 Å². The zero-order chi connectivity index (χ0) is 14.4. The maximum atomic E-state index is 11.4. The van der Waals surface area contributed by atoms with Gasteiger partial charge in [-0.25, -0.2) is 0 Å². The molecule has 1 aliphatic carbocycles. The summed E-state index contributed by atoms with van der Waals surface area (Å²) in [5, 5.41) is 6.91. The number of rotatable bonds is 2. The Labute approximate surface area is 127 Å². The SMILES string of the molecule is O=C1Cc2cc(NC3CCc4cccnc43)c(Cl)cc2N1. The van der Waals surface area contributed by atoms with Gasteiger partial charge in [0.2, 0.25) is 5.91 Å². The number of pyridine rings is 1. The molecule has 0 saturated heterocycles. The van der Waals surface area contributed by atoms with Crippen molar-refractivity contribution in [1.82, 2.24) is 4.98 Å². The molecule has 2 aromatic rings. The average molecular weight is 300 g/mol. The van der Waals surface area contributed by atoms with E-state index in [1.807, 2.05) is 24.4 Å². The predicted octanol–water partition coefficient (Wildman–Crippen LogP) is 3.33. The quantitative estimate of drug-likeness (QED) is 0.894. The van der Waals surface area contributed by atoms with Crippen molar-refractivity contribution >= 4 is 28.9 Å². The molecule has 0 bridgehead atoms. The van der Waals surface area contributed by atoms with Gasteiger partial charge in [-0.1, -0.05) is 17.7 Å². The number of halogens is 1. The van der Waals surface area contributed by atoms with E-state index in [1.54, 1.807) is 0 Å². The van der Waals surface area contributed by atoms with Crippen molar-refractivity contribution < 1.29 is 4.79 Å². The number of nitrogens with one attached hydrogen (secondary N) is 2. The van der Waals surface area contributed by atoms with Crippen molar-refractivity contribution in [2.75, 3.05) is 10.6 Å². The fourth-order valence-electron chi connectivity index (χ4n) is 3.10. The molecule has 0 fully saturated rings. The highest BCUT2D eigenvalue weighted by Crippen LogP contribution is 2.37. The lowest BCUT2D eigenvalue weighted by atomic mass is 10.1. The number of aromatic nitrogens is 1. The minimum Gasteiger partial charge on any atom is -0.375 e. The van der Waals surface area contributed by atoms with Gasteiger partial charge >= 0.3 is 0 Å². The zero-order valence-corrected chi connectivity index (χ0v) is 12.1. The van der Waals surface area contributed by atoms with E-state index in [4.69, 9.17) is 11.6 Å². The van der Waals surface area contributed by atoms with Crippen LogP contribution < -0.4 is 10.6 Å². The van der Waals surface area contributed by atoms with Crippen LogP contribution in [0.5, 0.6) is 0 Å². The third kappa shape index (κ3) is 2.16. The summed E-state index contributed by atoms with van der Waals surface area (Å²) in [6, 6.07) is 8.06. The molecule has 106 valence electrons. The second-order valence-electron chi connectivity index (χ2n) is 5.50. The highest BCUT2D eigenvalue weighted by atomic mass is 35.5. The first-order valence-corrected chi connectivity index (χ1v) is 7.41. The number of hydrogen-bond acceptors (Lipinski definition) is 3. The number of benzene rings is 1. The molecule has 4 nitrogen and oxygen atoms in total. The molecular formula is C16H14ClN3O. The summed E-state index contributed by atoms with van der Waals surface area (Å²) in [7, 11) is 0. The van der Waals surface area contributed by atoms with Crippen LogP contribution in [0.25, 0.3) is 0 Å². The molecule has 1 aliphatic heterocycles. The largest absolute Gasteiger partial charge is 0.375 e. The lowest BCUT2D eigenvalue weighted by molar-refractivity contribution is -0.115. The van der Waals surface area contributed by atoms with Gasteiger partial charge in [-0.3, -0.25) is 9.78 Å². The highest BCUT2D eigenvalue weighted by molar-refractivity contribution is 6.33. The van der Waals surface area contributed by atoms with Gasteiger partial charge in [0.05, 0.1) is 28.9 Å². The molecule has 1 aromatic carbocycles. The summed E-state index contributed by atoms with van der Waals surface area (Å²) in [5.74, 6) is 0.0195. The van der Waals surface area contributed by atoms with Gasteiger partial charge in [-0.05, 0) is 42.2 Å². The molecule has 4 rings (SSSR count). The molecule has 21 heavy (non-hydrogen) atoms. The molecule has 1 amide bonds. The number of anilines is 2. The van der Waals surface area contributed by atoms with Gasteiger partial charge in [0.15, 0.2) is 0 Å². The third-order valence-electron chi connectivity index (χ3n) is 4.11. The lowest BCUT2D eigenvalue weighted by Gasteiger charge is -2.16. The molecule has 5 heteroatoms. The second-order valence-corrected chi connectivity index (χ2v) is 5.90. The fourth-order valence-corrected chi connectivity index (χ4v) is 3.32. The Hall–Kier alpha value is -2.07. The van der Waals surface area contributed by atoms with Crippen LogP contribution in [0.3, 0.4) is 0 Å². The number of carbonyl (C=O) groups excluding carboxylic acids is 1. The summed E-state index contributed by atoms with van der Waals surface area (Å²) < 4.78 is 0. The van der Waals surface area contributed by atoms with Crippen molar-refractivity contribution in [1.29, 1.82) is 0 Å². The van der Waals surface area contributed by atoms with Gasteiger partial charge in [0, 0.05) is 11.9 Å². The number of hydrogen-bond donors (Lipinski definition) is 2. The van der Waals surface area contributed by atoms with E-state index in [-0.39, 0.29) is 11.9 Å². The fraction of sp³-hybridized carbons (Fsp3) is 0.250. The first kappa shape index (κ1) is 12.7. The van der Waals surface area contributed by atoms with Crippen LogP contribution in [0.4, 0.5) is 11.4 Å². The highest BCUT2D eigenvalue weighted by Gasteiger charge is 2.25. The van der Waals surface area contributed by atoms with Gasteiger partial charge in [0.1, 0.15) is 0 Å². The van der Waals surface area contributed by atoms with Gasteiger partial charge < -0.3 is 10.6 Å². The molecule has 0 spiro atoms. The van der Waals surface area contributed by atoms with Crippen LogP contribution in [0.15, 0.2) is 30.5 Å². The summed E-state index contributed by atoms with van der Waals surface area (Å²) in [6.45, 7) is 0. The number of aryl methyl sites for hydroxylation is 1. The van der Waals surface area contributed by atoms with E-state index in [0.29, 0.717) is 11.4 Å². The van der Waals surface area contributed by atoms with E-state index in [1.165, 1.54) is 5.56 Å². The van der Waals surface area contributed by atoms with Crippen molar-refractivity contribution in [3.05, 3.63) is 52.3 Å². The maximum Gasteiger partial charge on any atom is 0.228 e. The van der Waals surface area contributed by atoms with Crippen LogP contribution >= 0.6 is 11.6 Å². The molecular weight excluding hydrogens is 286 g/mol. The van der Waals surface area contributed by atoms with Crippen LogP contribution in [-0.2, 0) is 17.6 Å². The molecule has 0 saturated carbocycles. The monoisotopic (exact) mass is 299 g/mol. The number of amides is 1. The Kier molecular flexibility index (Phi) is 2.86. The summed E-state index contributed by atoms with van der Waals surface area (Å²) in [4.78, 5) is 15.9. The summed E-state index contributed by atoms with van der Waals surface area (Å²) in [5.41, 5.74) is 5.08. The van der Waals surface area contributed by atoms with Crippen LogP contribution in [0, 0.1) is 0 Å². The predicted molar refractivity (Wildman–Crippen MR) is 82.7 cm³/mol. The number of carbonyl (C=O) groups is 1. The average Bonchev–Trinajstić information content (AvgIpc) is 3.02. The molecule has 2 aliphatic rings. The lowest BCUT2D eigenvalue weighted by Crippen LogP contribution is -2.09. The smallest absolute Gasteiger partial charge is 0.228 e. The first-order valence-electron chi connectivity index (χ1n) is 7.03. The second kappa shape index (κ2) is 4.74. The summed E-state index contributed by atoms with van der Waals surface area (Å²) in [6.07, 6.45) is 4.28. The molecule has 1 aromatic heterocycles. The van der Waals surface area contributed by atoms with Crippen molar-refractivity contribution in [3.63, 3.8) is 0 Å². The van der Waals surface area contributed by atoms with E-state index >= 15 is 0 Å². The van der Waals surface area contributed by atoms with E-state index in [0.717, 1.165) is 35.5 Å².